The molecule has 0 saturated carbocycles. The monoisotopic (exact) mass is 1080 g/mol. The maximum Gasteiger partial charge on any atom is 0.306 e. The Labute approximate surface area is 480 Å². The number of unbranched alkanes of at least 4 members (excludes halogenated alkanes) is 47. The zero-order chi connectivity index (χ0) is 55.7. The molecular formula is C71H132O6. The van der Waals surface area contributed by atoms with Gasteiger partial charge < -0.3 is 14.2 Å². The molecule has 0 aliphatic carbocycles. The Kier molecular flexibility index (Phi) is 64.1. The zero-order valence-electron chi connectivity index (χ0n) is 52.0. The van der Waals surface area contributed by atoms with Gasteiger partial charge in [-0.3, -0.25) is 14.4 Å². The van der Waals surface area contributed by atoms with Crippen molar-refractivity contribution in [2.24, 2.45) is 0 Å². The van der Waals surface area contributed by atoms with Crippen LogP contribution in [0.5, 0.6) is 0 Å². The molecule has 0 aliphatic rings. The molecule has 0 aromatic carbocycles. The SMILES string of the molecule is CCCCCCC/C=C\C/C=C\C/C=C\CCCCCCCCCCCCC(=O)OCC(COC(=O)CCCCCCCCCCCCCCCCCCC)OC(=O)CCCCCCCCCCCCCCCCCCC. The van der Waals surface area contributed by atoms with Gasteiger partial charge in [-0.25, -0.2) is 0 Å². The molecule has 1 unspecified atom stereocenters. The van der Waals surface area contributed by atoms with Crippen LogP contribution in [0.15, 0.2) is 36.5 Å². The minimum Gasteiger partial charge on any atom is -0.462 e. The van der Waals surface area contributed by atoms with Gasteiger partial charge in [-0.05, 0) is 57.8 Å². The van der Waals surface area contributed by atoms with Crippen LogP contribution in [0.1, 0.15) is 380 Å². The van der Waals surface area contributed by atoms with E-state index in [1.807, 2.05) is 0 Å². The van der Waals surface area contributed by atoms with Crippen LogP contribution in [0.2, 0.25) is 0 Å². The summed E-state index contributed by atoms with van der Waals surface area (Å²) in [5, 5.41) is 0. The number of hydrogen-bond donors (Lipinski definition) is 0. The first-order valence-electron chi connectivity index (χ1n) is 34.5. The van der Waals surface area contributed by atoms with Gasteiger partial charge in [0.05, 0.1) is 0 Å². The minimum atomic E-state index is -0.771. The lowest BCUT2D eigenvalue weighted by Crippen LogP contribution is -2.30. The minimum absolute atomic E-state index is 0.0669. The Morgan fingerprint density at radius 3 is 0.727 bits per heavy atom. The van der Waals surface area contributed by atoms with Gasteiger partial charge >= 0.3 is 17.9 Å². The largest absolute Gasteiger partial charge is 0.462 e. The predicted octanol–water partition coefficient (Wildman–Crippen LogP) is 23.6. The van der Waals surface area contributed by atoms with E-state index in [-0.39, 0.29) is 31.1 Å². The van der Waals surface area contributed by atoms with E-state index < -0.39 is 6.10 Å². The van der Waals surface area contributed by atoms with Gasteiger partial charge in [0.2, 0.25) is 0 Å². The summed E-state index contributed by atoms with van der Waals surface area (Å²) in [7, 11) is 0. The number of rotatable bonds is 64. The molecule has 1 atom stereocenters. The van der Waals surface area contributed by atoms with Crippen molar-refractivity contribution in [3.63, 3.8) is 0 Å². The fourth-order valence-corrected chi connectivity index (χ4v) is 10.5. The highest BCUT2D eigenvalue weighted by Crippen LogP contribution is 2.18. The van der Waals surface area contributed by atoms with E-state index in [2.05, 4.69) is 57.2 Å². The highest BCUT2D eigenvalue weighted by atomic mass is 16.6. The zero-order valence-corrected chi connectivity index (χ0v) is 52.0. The molecule has 0 radical (unpaired) electrons. The molecule has 77 heavy (non-hydrogen) atoms. The lowest BCUT2D eigenvalue weighted by molar-refractivity contribution is -0.167. The third-order valence-electron chi connectivity index (χ3n) is 15.6. The third kappa shape index (κ3) is 64.3. The summed E-state index contributed by atoms with van der Waals surface area (Å²) in [6.45, 7) is 6.70. The smallest absolute Gasteiger partial charge is 0.306 e. The molecule has 0 spiro atoms. The van der Waals surface area contributed by atoms with E-state index in [1.165, 1.54) is 270 Å². The van der Waals surface area contributed by atoms with Gasteiger partial charge in [0, 0.05) is 19.3 Å². The van der Waals surface area contributed by atoms with Crippen molar-refractivity contribution < 1.29 is 28.6 Å². The van der Waals surface area contributed by atoms with E-state index in [1.54, 1.807) is 0 Å². The summed E-state index contributed by atoms with van der Waals surface area (Å²) in [5.74, 6) is -0.840. The van der Waals surface area contributed by atoms with Gasteiger partial charge in [0.25, 0.3) is 0 Å². The molecule has 0 amide bonds. The van der Waals surface area contributed by atoms with Gasteiger partial charge in [-0.1, -0.05) is 340 Å². The lowest BCUT2D eigenvalue weighted by Gasteiger charge is -2.18. The van der Waals surface area contributed by atoms with Gasteiger partial charge in [0.15, 0.2) is 6.10 Å². The quantitative estimate of drug-likeness (QED) is 0.0261. The van der Waals surface area contributed by atoms with Crippen molar-refractivity contribution in [2.45, 2.75) is 386 Å². The van der Waals surface area contributed by atoms with Crippen LogP contribution >= 0.6 is 0 Å². The van der Waals surface area contributed by atoms with Crippen LogP contribution in [0.4, 0.5) is 0 Å². The molecule has 0 N–H and O–H groups in total. The maximum absolute atomic E-state index is 12.9. The van der Waals surface area contributed by atoms with Crippen molar-refractivity contribution in [3.05, 3.63) is 36.5 Å². The summed E-state index contributed by atoms with van der Waals surface area (Å²) in [4.78, 5) is 38.4. The number of ether oxygens (including phenoxy) is 3. The van der Waals surface area contributed by atoms with E-state index in [0.29, 0.717) is 19.3 Å². The Balaban J connectivity index is 4.29. The standard InChI is InChI=1S/C71H132O6/c1-4-7-10-13-16-19-22-25-28-31-32-33-34-35-36-37-38-41-43-46-49-52-55-58-61-64-70(73)76-67-68(77-71(74)65-62-59-56-53-50-47-44-40-30-27-24-21-18-15-12-9-6-3)66-75-69(72)63-60-57-54-51-48-45-42-39-29-26-23-20-17-14-11-8-5-2/h22,25,31-32,34-35,68H,4-21,23-24,26-30,33,36-67H2,1-3H3/b25-22-,32-31-,35-34-. The van der Waals surface area contributed by atoms with Crippen molar-refractivity contribution in [3.8, 4) is 0 Å². The second kappa shape index (κ2) is 66.1. The van der Waals surface area contributed by atoms with Crippen molar-refractivity contribution >= 4 is 17.9 Å². The van der Waals surface area contributed by atoms with Crippen LogP contribution in [-0.2, 0) is 28.6 Å². The number of carbonyl (C=O) groups excluding carboxylic acids is 3. The average molecular weight is 1080 g/mol. The molecule has 6 heteroatoms. The normalized spacial score (nSPS) is 12.2. The first kappa shape index (κ1) is 74.6. The van der Waals surface area contributed by atoms with Crippen LogP contribution in [0, 0.1) is 0 Å². The molecule has 0 bridgehead atoms. The molecule has 0 saturated heterocycles. The summed E-state index contributed by atoms with van der Waals surface area (Å²) < 4.78 is 17.0. The highest BCUT2D eigenvalue weighted by Gasteiger charge is 2.19. The summed E-state index contributed by atoms with van der Waals surface area (Å²) in [6, 6.07) is 0. The molecule has 0 fully saturated rings. The number of carbonyl (C=O) groups is 3. The van der Waals surface area contributed by atoms with Crippen LogP contribution in [-0.4, -0.2) is 37.2 Å². The molecule has 0 aromatic rings. The summed E-state index contributed by atoms with van der Waals surface area (Å²) in [6.07, 6.45) is 81.6. The van der Waals surface area contributed by atoms with Crippen molar-refractivity contribution in [2.75, 3.05) is 13.2 Å². The molecule has 0 rings (SSSR count). The lowest BCUT2D eigenvalue weighted by atomic mass is 10.0. The fraction of sp³-hybridized carbons (Fsp3) is 0.873. The van der Waals surface area contributed by atoms with E-state index >= 15 is 0 Å². The van der Waals surface area contributed by atoms with Gasteiger partial charge in [-0.15, -0.1) is 0 Å². The Morgan fingerprint density at radius 2 is 0.468 bits per heavy atom. The fourth-order valence-electron chi connectivity index (χ4n) is 10.5. The topological polar surface area (TPSA) is 78.9 Å². The van der Waals surface area contributed by atoms with Crippen LogP contribution < -0.4 is 0 Å². The van der Waals surface area contributed by atoms with E-state index in [9.17, 15) is 14.4 Å². The Morgan fingerprint density at radius 1 is 0.260 bits per heavy atom. The molecule has 452 valence electrons. The predicted molar refractivity (Wildman–Crippen MR) is 335 cm³/mol. The number of hydrogen-bond acceptors (Lipinski definition) is 6. The second-order valence-corrected chi connectivity index (χ2v) is 23.5. The summed E-state index contributed by atoms with van der Waals surface area (Å²) in [5.41, 5.74) is 0. The van der Waals surface area contributed by atoms with Crippen LogP contribution in [0.3, 0.4) is 0 Å². The highest BCUT2D eigenvalue weighted by molar-refractivity contribution is 5.71. The first-order chi connectivity index (χ1) is 38.0. The van der Waals surface area contributed by atoms with Crippen LogP contribution in [0.25, 0.3) is 0 Å². The van der Waals surface area contributed by atoms with Gasteiger partial charge in [0.1, 0.15) is 13.2 Å². The van der Waals surface area contributed by atoms with Crippen molar-refractivity contribution in [1.29, 1.82) is 0 Å². The molecule has 0 aromatic heterocycles. The first-order valence-corrected chi connectivity index (χ1v) is 34.5. The second-order valence-electron chi connectivity index (χ2n) is 23.5. The Hall–Kier alpha value is -2.37. The molecule has 0 heterocycles. The number of allylic oxidation sites excluding steroid dienone is 6. The molecular weight excluding hydrogens is 949 g/mol. The van der Waals surface area contributed by atoms with E-state index in [4.69, 9.17) is 14.2 Å². The third-order valence-corrected chi connectivity index (χ3v) is 15.6. The average Bonchev–Trinajstić information content (AvgIpc) is 3.43. The molecule has 6 nitrogen and oxygen atoms in total. The van der Waals surface area contributed by atoms with Gasteiger partial charge in [-0.2, -0.15) is 0 Å². The summed E-state index contributed by atoms with van der Waals surface area (Å²) >= 11 is 0. The number of esters is 3. The Bertz CT molecular complexity index is 1290. The van der Waals surface area contributed by atoms with E-state index in [0.717, 1.165) is 70.6 Å². The maximum atomic E-state index is 12.9. The van der Waals surface area contributed by atoms with Crippen molar-refractivity contribution in [1.82, 2.24) is 0 Å². The molecule has 0 aliphatic heterocycles.